The number of rotatable bonds is 4. The van der Waals surface area contributed by atoms with Crippen molar-refractivity contribution in [2.45, 2.75) is 18.6 Å². The zero-order valence-electron chi connectivity index (χ0n) is 8.47. The Labute approximate surface area is 97.7 Å². The fraction of sp³-hybridized carbons (Fsp3) is 0.400. The maximum absolute atomic E-state index is 9.71. The van der Waals surface area contributed by atoms with Crippen LogP contribution in [0, 0.1) is 0 Å². The lowest BCUT2D eigenvalue weighted by Gasteiger charge is -2.19. The third-order valence-corrected chi connectivity index (χ3v) is 2.46. The Kier molecular flexibility index (Phi) is 4.37. The van der Waals surface area contributed by atoms with E-state index in [9.17, 15) is 15.3 Å². The van der Waals surface area contributed by atoms with Gasteiger partial charge in [0.2, 0.25) is 0 Å². The lowest BCUT2D eigenvalue weighted by atomic mass is 10.0. The van der Waals surface area contributed by atoms with Crippen molar-refractivity contribution in [2.75, 3.05) is 12.3 Å². The second-order valence-electron chi connectivity index (χ2n) is 3.46. The van der Waals surface area contributed by atoms with E-state index in [1.807, 2.05) is 0 Å². The van der Waals surface area contributed by atoms with Gasteiger partial charge in [0.25, 0.3) is 0 Å². The van der Waals surface area contributed by atoms with E-state index >= 15 is 0 Å². The number of halogens is 1. The van der Waals surface area contributed by atoms with Gasteiger partial charge in [0.05, 0.1) is 11.8 Å². The Morgan fingerprint density at radius 2 is 1.94 bits per heavy atom. The molecule has 90 valence electrons. The van der Waals surface area contributed by atoms with Gasteiger partial charge >= 0.3 is 0 Å². The summed E-state index contributed by atoms with van der Waals surface area (Å²) in [4.78, 5) is 0. The van der Waals surface area contributed by atoms with Crippen LogP contribution in [0.2, 0.25) is 5.02 Å². The van der Waals surface area contributed by atoms with E-state index in [0.29, 0.717) is 0 Å². The SMILES string of the molecule is Nc1cc(Cl)cc(C(O)C(O)CCO)c1O. The largest absolute Gasteiger partial charge is 0.505 e. The van der Waals surface area contributed by atoms with Gasteiger partial charge in [0, 0.05) is 17.2 Å². The molecule has 0 saturated carbocycles. The first-order chi connectivity index (χ1) is 7.47. The molecule has 6 N–H and O–H groups in total. The molecule has 0 amide bonds. The van der Waals surface area contributed by atoms with E-state index in [0.717, 1.165) is 0 Å². The van der Waals surface area contributed by atoms with Crippen LogP contribution in [0.1, 0.15) is 18.1 Å². The van der Waals surface area contributed by atoms with E-state index in [4.69, 9.17) is 22.4 Å². The summed E-state index contributed by atoms with van der Waals surface area (Å²) in [5.41, 5.74) is 5.53. The van der Waals surface area contributed by atoms with Gasteiger partial charge in [0.15, 0.2) is 0 Å². The number of aromatic hydroxyl groups is 1. The summed E-state index contributed by atoms with van der Waals surface area (Å²) < 4.78 is 0. The van der Waals surface area contributed by atoms with Gasteiger partial charge in [-0.25, -0.2) is 0 Å². The number of hydrogen-bond acceptors (Lipinski definition) is 5. The molecule has 0 bridgehead atoms. The molecule has 1 rings (SSSR count). The molecule has 5 nitrogen and oxygen atoms in total. The first-order valence-corrected chi connectivity index (χ1v) is 5.10. The standard InChI is InChI=1S/C10H14ClNO4/c11-5-3-6(9(15)7(12)4-5)10(16)8(14)1-2-13/h3-4,8,10,13-16H,1-2,12H2. The fourth-order valence-electron chi connectivity index (χ4n) is 1.37. The Balaban J connectivity index is 3.03. The molecule has 0 fully saturated rings. The summed E-state index contributed by atoms with van der Waals surface area (Å²) in [6.45, 7) is -0.269. The highest BCUT2D eigenvalue weighted by molar-refractivity contribution is 6.31. The van der Waals surface area contributed by atoms with Gasteiger partial charge in [-0.15, -0.1) is 0 Å². The average molecular weight is 248 g/mol. The lowest BCUT2D eigenvalue weighted by Crippen LogP contribution is -2.19. The zero-order chi connectivity index (χ0) is 12.3. The van der Waals surface area contributed by atoms with Crippen molar-refractivity contribution in [2.24, 2.45) is 0 Å². The Bertz CT molecular complexity index is 372. The van der Waals surface area contributed by atoms with Crippen LogP contribution in [0.15, 0.2) is 12.1 Å². The monoisotopic (exact) mass is 247 g/mol. The second-order valence-corrected chi connectivity index (χ2v) is 3.89. The van der Waals surface area contributed by atoms with Crippen LogP contribution < -0.4 is 5.73 Å². The molecule has 0 spiro atoms. The first-order valence-electron chi connectivity index (χ1n) is 4.72. The van der Waals surface area contributed by atoms with Crippen LogP contribution in [-0.4, -0.2) is 33.1 Å². The Morgan fingerprint density at radius 1 is 1.31 bits per heavy atom. The maximum Gasteiger partial charge on any atom is 0.144 e. The van der Waals surface area contributed by atoms with Gasteiger partial charge in [-0.2, -0.15) is 0 Å². The molecule has 1 aromatic carbocycles. The van der Waals surface area contributed by atoms with E-state index in [-0.39, 0.29) is 35.1 Å². The molecular formula is C10H14ClNO4. The summed E-state index contributed by atoms with van der Waals surface area (Å²) in [6.07, 6.45) is -2.53. The Morgan fingerprint density at radius 3 is 2.50 bits per heavy atom. The van der Waals surface area contributed by atoms with Crippen LogP contribution in [0.4, 0.5) is 5.69 Å². The molecule has 0 aromatic heterocycles. The molecule has 16 heavy (non-hydrogen) atoms. The quantitative estimate of drug-likeness (QED) is 0.391. The molecule has 2 unspecified atom stereocenters. The zero-order valence-corrected chi connectivity index (χ0v) is 9.22. The van der Waals surface area contributed by atoms with Crippen molar-refractivity contribution in [1.29, 1.82) is 0 Å². The second kappa shape index (κ2) is 5.36. The smallest absolute Gasteiger partial charge is 0.144 e. The van der Waals surface area contributed by atoms with Crippen molar-refractivity contribution >= 4 is 17.3 Å². The topological polar surface area (TPSA) is 107 Å². The van der Waals surface area contributed by atoms with Crippen LogP contribution in [0.5, 0.6) is 5.75 Å². The molecule has 2 atom stereocenters. The van der Waals surface area contributed by atoms with Crippen molar-refractivity contribution in [3.63, 3.8) is 0 Å². The van der Waals surface area contributed by atoms with Gasteiger partial charge in [-0.3, -0.25) is 0 Å². The maximum atomic E-state index is 9.71. The van der Waals surface area contributed by atoms with E-state index in [2.05, 4.69) is 0 Å². The van der Waals surface area contributed by atoms with E-state index in [1.165, 1.54) is 12.1 Å². The minimum atomic E-state index is -1.34. The summed E-state index contributed by atoms with van der Waals surface area (Å²) in [6, 6.07) is 2.66. The predicted molar refractivity (Wildman–Crippen MR) is 60.2 cm³/mol. The van der Waals surface area contributed by atoms with Crippen molar-refractivity contribution in [3.05, 3.63) is 22.7 Å². The predicted octanol–water partition coefficient (Wildman–Crippen LogP) is 0.404. The molecule has 0 radical (unpaired) electrons. The number of nitrogen functional groups attached to an aromatic ring is 1. The highest BCUT2D eigenvalue weighted by Gasteiger charge is 2.22. The number of hydrogen-bond donors (Lipinski definition) is 5. The molecule has 0 aliphatic carbocycles. The molecule has 0 heterocycles. The average Bonchev–Trinajstić information content (AvgIpc) is 2.22. The fourth-order valence-corrected chi connectivity index (χ4v) is 1.60. The van der Waals surface area contributed by atoms with Gasteiger partial charge < -0.3 is 26.2 Å². The summed E-state index contributed by atoms with van der Waals surface area (Å²) >= 11 is 5.71. The number of anilines is 1. The van der Waals surface area contributed by atoms with Crippen molar-refractivity contribution in [3.8, 4) is 5.75 Å². The number of aliphatic hydroxyl groups excluding tert-OH is 3. The van der Waals surface area contributed by atoms with Crippen LogP contribution in [0.25, 0.3) is 0 Å². The Hall–Kier alpha value is -1.01. The normalized spacial score (nSPS) is 14.8. The molecule has 1 aromatic rings. The van der Waals surface area contributed by atoms with E-state index in [1.54, 1.807) is 0 Å². The highest BCUT2D eigenvalue weighted by atomic mass is 35.5. The van der Waals surface area contributed by atoms with Crippen LogP contribution >= 0.6 is 11.6 Å². The summed E-state index contributed by atoms with van der Waals surface area (Å²) in [5.74, 6) is -0.311. The molecule has 0 aliphatic heterocycles. The lowest BCUT2D eigenvalue weighted by molar-refractivity contribution is 0.00311. The number of phenolic OH excluding ortho intramolecular Hbond substituents is 1. The molecule has 0 saturated heterocycles. The minimum absolute atomic E-state index is 0.00692. The number of nitrogens with two attached hydrogens (primary N) is 1. The number of benzene rings is 1. The number of aliphatic hydroxyl groups is 3. The highest BCUT2D eigenvalue weighted by Crippen LogP contribution is 2.35. The third kappa shape index (κ3) is 2.76. The van der Waals surface area contributed by atoms with Crippen LogP contribution in [0.3, 0.4) is 0 Å². The van der Waals surface area contributed by atoms with Crippen LogP contribution in [-0.2, 0) is 0 Å². The summed E-state index contributed by atoms with van der Waals surface area (Å²) in [7, 11) is 0. The molecular weight excluding hydrogens is 234 g/mol. The van der Waals surface area contributed by atoms with Crippen molar-refractivity contribution < 1.29 is 20.4 Å². The van der Waals surface area contributed by atoms with Gasteiger partial charge in [-0.1, -0.05) is 11.6 Å². The van der Waals surface area contributed by atoms with Crippen molar-refractivity contribution in [1.82, 2.24) is 0 Å². The van der Waals surface area contributed by atoms with Gasteiger partial charge in [-0.05, 0) is 18.6 Å². The first kappa shape index (κ1) is 13.1. The van der Waals surface area contributed by atoms with E-state index < -0.39 is 12.2 Å². The third-order valence-electron chi connectivity index (χ3n) is 2.24. The van der Waals surface area contributed by atoms with Gasteiger partial charge in [0.1, 0.15) is 11.9 Å². The minimum Gasteiger partial charge on any atom is -0.505 e. The molecule has 0 aliphatic rings. The number of phenols is 1. The molecule has 6 heteroatoms. The summed E-state index contributed by atoms with van der Waals surface area (Å²) in [5, 5.41) is 37.7.